The molecule has 2 heterocycles. The number of fused-ring (bicyclic) bond motifs is 7. The van der Waals surface area contributed by atoms with Crippen LogP contribution in [0.3, 0.4) is 0 Å². The molecule has 0 amide bonds. The molecule has 0 bridgehead atoms. The molecule has 276 valence electrons. The quantitative estimate of drug-likeness (QED) is 0.154. The van der Waals surface area contributed by atoms with Crippen LogP contribution in [0.2, 0.25) is 0 Å². The Morgan fingerprint density at radius 2 is 1.56 bits per heavy atom. The second kappa shape index (κ2) is 12.9. The summed E-state index contributed by atoms with van der Waals surface area (Å²) in [5, 5.41) is 0. The van der Waals surface area contributed by atoms with Crippen molar-refractivity contribution in [3.8, 4) is 0 Å². The Morgan fingerprint density at radius 1 is 0.840 bits per heavy atom. The van der Waals surface area contributed by atoms with Gasteiger partial charge in [-0.15, -0.1) is 0 Å². The van der Waals surface area contributed by atoms with Gasteiger partial charge in [-0.25, -0.2) is 13.3 Å². The molecule has 1 aromatic carbocycles. The summed E-state index contributed by atoms with van der Waals surface area (Å²) in [6, 6.07) is 8.38. The fraction of sp³-hybridized carbons (Fsp3) is 0.795. The zero-order valence-electron chi connectivity index (χ0n) is 32.4. The first kappa shape index (κ1) is 36.5. The highest BCUT2D eigenvalue weighted by molar-refractivity contribution is 7.91. The second-order valence-electron chi connectivity index (χ2n) is 19.5. The van der Waals surface area contributed by atoms with Crippen molar-refractivity contribution in [2.24, 2.45) is 51.2 Å². The van der Waals surface area contributed by atoms with E-state index in [9.17, 15) is 8.42 Å². The van der Waals surface area contributed by atoms with Crippen LogP contribution in [0.4, 0.5) is 11.4 Å². The molecule has 6 heteroatoms. The fourth-order valence-electron chi connectivity index (χ4n) is 14.5. The monoisotopic (exact) mass is 701 g/mol. The third kappa shape index (κ3) is 5.73. The Labute approximate surface area is 305 Å². The third-order valence-corrected chi connectivity index (χ3v) is 18.9. The highest BCUT2D eigenvalue weighted by Gasteiger charge is 2.70. The SMILES string of the molecule is [C-]#[N+]c1ccc(N2CC[C@]3(C)[C@H]4CC[C@@H]5[C@H]6[C@H](C(=C)C)CCC6(CCCCCN6CCS(=O)(=O)CC6)CC[C@@]5(C)[C@]4(C)CC[C@H]3C2(C)C)cc1. The number of hydrogen-bond donors (Lipinski definition) is 0. The van der Waals surface area contributed by atoms with Gasteiger partial charge >= 0.3 is 0 Å². The predicted octanol–water partition coefficient (Wildman–Crippen LogP) is 10.4. The van der Waals surface area contributed by atoms with Crippen molar-refractivity contribution in [3.63, 3.8) is 0 Å². The summed E-state index contributed by atoms with van der Waals surface area (Å²) in [5.41, 5.74) is 5.10. The van der Waals surface area contributed by atoms with E-state index in [0.29, 0.717) is 45.0 Å². The Kier molecular flexibility index (Phi) is 9.44. The summed E-state index contributed by atoms with van der Waals surface area (Å²) in [4.78, 5) is 8.72. The topological polar surface area (TPSA) is 45.0 Å². The average Bonchev–Trinajstić information content (AvgIpc) is 3.46. The summed E-state index contributed by atoms with van der Waals surface area (Å²) < 4.78 is 23.8. The maximum absolute atomic E-state index is 11.9. The van der Waals surface area contributed by atoms with E-state index in [0.717, 1.165) is 49.6 Å². The largest absolute Gasteiger partial charge is 0.366 e. The number of allylic oxidation sites excluding steroid dienone is 1. The number of hydrogen-bond acceptors (Lipinski definition) is 4. The first-order valence-electron chi connectivity index (χ1n) is 20.4. The molecule has 6 fully saturated rings. The smallest absolute Gasteiger partial charge is 0.187 e. The van der Waals surface area contributed by atoms with E-state index >= 15 is 0 Å². The van der Waals surface area contributed by atoms with Crippen molar-refractivity contribution in [3.05, 3.63) is 47.8 Å². The summed E-state index contributed by atoms with van der Waals surface area (Å²) in [6.45, 7) is 31.3. The summed E-state index contributed by atoms with van der Waals surface area (Å²) in [7, 11) is -2.80. The molecule has 5 nitrogen and oxygen atoms in total. The van der Waals surface area contributed by atoms with Gasteiger partial charge in [0.05, 0.1) is 18.1 Å². The Balaban J connectivity index is 1.08. The highest BCUT2D eigenvalue weighted by Crippen LogP contribution is 2.77. The molecule has 1 aromatic rings. The van der Waals surface area contributed by atoms with Gasteiger partial charge in [-0.2, -0.15) is 0 Å². The van der Waals surface area contributed by atoms with Gasteiger partial charge in [0.25, 0.3) is 0 Å². The van der Waals surface area contributed by atoms with Gasteiger partial charge in [0, 0.05) is 30.9 Å². The van der Waals surface area contributed by atoms with E-state index in [4.69, 9.17) is 6.57 Å². The van der Waals surface area contributed by atoms with Crippen molar-refractivity contribution in [2.75, 3.05) is 42.6 Å². The Morgan fingerprint density at radius 3 is 2.24 bits per heavy atom. The van der Waals surface area contributed by atoms with Crippen molar-refractivity contribution >= 4 is 21.2 Å². The molecule has 9 atom stereocenters. The molecule has 50 heavy (non-hydrogen) atoms. The molecule has 7 rings (SSSR count). The molecular formula is C44H67N3O2S. The molecule has 4 saturated carbocycles. The molecule has 4 aliphatic carbocycles. The van der Waals surface area contributed by atoms with E-state index in [1.54, 1.807) is 0 Å². The molecule has 2 saturated heterocycles. The number of rotatable bonds is 8. The first-order chi connectivity index (χ1) is 23.6. The standard InChI is InChI=1S/C44H67N3O2S/c1-32(2)35-18-22-44(20-10-9-11-26-46-28-30-50(48,49)31-29-46)24-23-42(6)36(39(35)44)16-17-38-41(5)25-27-47(34-14-12-33(45-8)13-15-34)40(3,4)37(41)19-21-43(38,42)7/h12-15,35-39H,1,9-11,16-31H2,2-7H3/t35-,36+,37-,38+,39+,41-,42+,43+,44?/m0/s1. The minimum Gasteiger partial charge on any atom is -0.366 e. The zero-order valence-corrected chi connectivity index (χ0v) is 33.2. The third-order valence-electron chi connectivity index (χ3n) is 17.3. The lowest BCUT2D eigenvalue weighted by molar-refractivity contribution is -0.228. The van der Waals surface area contributed by atoms with Gasteiger partial charge < -0.3 is 9.80 Å². The lowest BCUT2D eigenvalue weighted by Crippen LogP contribution is -2.69. The lowest BCUT2D eigenvalue weighted by Gasteiger charge is -2.73. The normalized spacial score (nSPS) is 42.0. The summed E-state index contributed by atoms with van der Waals surface area (Å²) in [5.74, 6) is 4.37. The van der Waals surface area contributed by atoms with Gasteiger partial charge in [0.1, 0.15) is 0 Å². The predicted molar refractivity (Wildman–Crippen MR) is 208 cm³/mol. The van der Waals surface area contributed by atoms with Crippen LogP contribution in [0, 0.1) is 57.8 Å². The fourth-order valence-corrected chi connectivity index (χ4v) is 15.8. The molecule has 2 aliphatic heterocycles. The molecule has 0 radical (unpaired) electrons. The average molecular weight is 702 g/mol. The maximum atomic E-state index is 11.9. The molecule has 6 aliphatic rings. The van der Waals surface area contributed by atoms with Gasteiger partial charge in [-0.05, 0) is 161 Å². The number of unbranched alkanes of at least 4 members (excludes halogenated alkanes) is 2. The minimum absolute atomic E-state index is 0.0790. The second-order valence-corrected chi connectivity index (χ2v) is 21.8. The van der Waals surface area contributed by atoms with Crippen LogP contribution in [-0.2, 0) is 9.84 Å². The molecule has 0 aromatic heterocycles. The summed E-state index contributed by atoms with van der Waals surface area (Å²) in [6.07, 6.45) is 17.4. The minimum atomic E-state index is -2.80. The first-order valence-corrected chi connectivity index (χ1v) is 22.3. The summed E-state index contributed by atoms with van der Waals surface area (Å²) >= 11 is 0. The van der Waals surface area contributed by atoms with Crippen molar-refractivity contribution < 1.29 is 8.42 Å². The van der Waals surface area contributed by atoms with Crippen LogP contribution in [0.1, 0.15) is 125 Å². The van der Waals surface area contributed by atoms with Gasteiger partial charge in [0.15, 0.2) is 15.5 Å². The maximum Gasteiger partial charge on any atom is 0.187 e. The number of anilines is 1. The molecule has 0 N–H and O–H groups in total. The highest BCUT2D eigenvalue weighted by atomic mass is 32.2. The van der Waals surface area contributed by atoms with E-state index < -0.39 is 9.84 Å². The number of sulfone groups is 1. The van der Waals surface area contributed by atoms with Gasteiger partial charge in [-0.3, -0.25) is 0 Å². The van der Waals surface area contributed by atoms with Crippen LogP contribution in [-0.4, -0.2) is 56.5 Å². The van der Waals surface area contributed by atoms with Crippen LogP contribution >= 0.6 is 0 Å². The van der Waals surface area contributed by atoms with Crippen molar-refractivity contribution in [1.82, 2.24) is 4.90 Å². The van der Waals surface area contributed by atoms with Crippen molar-refractivity contribution in [1.29, 1.82) is 0 Å². The van der Waals surface area contributed by atoms with Gasteiger partial charge in [0.2, 0.25) is 0 Å². The van der Waals surface area contributed by atoms with E-state index in [1.165, 1.54) is 94.7 Å². The van der Waals surface area contributed by atoms with Crippen LogP contribution in [0.15, 0.2) is 36.4 Å². The molecule has 1 unspecified atom stereocenters. The molecule has 0 spiro atoms. The van der Waals surface area contributed by atoms with Gasteiger partial charge in [-0.1, -0.05) is 57.9 Å². The number of nitrogens with zero attached hydrogens (tertiary/aromatic N) is 3. The van der Waals surface area contributed by atoms with E-state index in [2.05, 4.69) is 74.9 Å². The van der Waals surface area contributed by atoms with Crippen molar-refractivity contribution in [2.45, 2.75) is 131 Å². The lowest BCUT2D eigenvalue weighted by atomic mass is 9.33. The Bertz CT molecular complexity index is 1580. The van der Waals surface area contributed by atoms with Crippen LogP contribution < -0.4 is 4.90 Å². The Hall–Kier alpha value is -1.84. The van der Waals surface area contributed by atoms with Crippen LogP contribution in [0.5, 0.6) is 0 Å². The zero-order chi connectivity index (χ0) is 35.7. The van der Waals surface area contributed by atoms with E-state index in [1.807, 2.05) is 12.1 Å². The number of benzene rings is 1. The molecular weight excluding hydrogens is 635 g/mol. The van der Waals surface area contributed by atoms with Crippen LogP contribution in [0.25, 0.3) is 4.85 Å². The number of piperidine rings is 1. The van der Waals surface area contributed by atoms with E-state index in [-0.39, 0.29) is 5.54 Å².